The Bertz CT molecular complexity index is 517. The molecule has 1 N–H and O–H groups in total. The number of carbonyl (C=O) groups is 1. The maximum absolute atomic E-state index is 12.4. The number of aromatic nitrogens is 1. The molecule has 3 rings (SSSR count). The number of nitrogens with zero attached hydrogens (tertiary/aromatic N) is 1. The Labute approximate surface area is 122 Å². The number of methoxy groups -OCH3 is 1. The molecule has 110 valence electrons. The number of hydrogen-bond donors (Lipinski definition) is 1. The smallest absolute Gasteiger partial charge is 0.263 e. The van der Waals surface area contributed by atoms with E-state index in [9.17, 15) is 4.79 Å². The lowest BCUT2D eigenvalue weighted by atomic mass is 9.67. The molecular weight excluding hydrogens is 276 g/mol. The molecule has 0 radical (unpaired) electrons. The van der Waals surface area contributed by atoms with Gasteiger partial charge in [0.05, 0.1) is 23.4 Å². The first-order valence-corrected chi connectivity index (χ1v) is 7.79. The molecular formula is C14H20N2O3S. The summed E-state index contributed by atoms with van der Waals surface area (Å²) in [6.45, 7) is 5.23. The summed E-state index contributed by atoms with van der Waals surface area (Å²) in [6, 6.07) is 0.164. The van der Waals surface area contributed by atoms with Gasteiger partial charge in [0.1, 0.15) is 4.88 Å². The molecule has 0 spiro atoms. The van der Waals surface area contributed by atoms with E-state index < -0.39 is 0 Å². The molecule has 20 heavy (non-hydrogen) atoms. The Hall–Kier alpha value is -0.980. The Balaban J connectivity index is 1.70. The molecule has 1 amide bonds. The zero-order chi connectivity index (χ0) is 14.3. The van der Waals surface area contributed by atoms with Crippen LogP contribution >= 0.6 is 11.3 Å². The number of carbonyl (C=O) groups excluding carboxylic acids is 1. The normalized spacial score (nSPS) is 31.8. The highest BCUT2D eigenvalue weighted by atomic mass is 32.1. The van der Waals surface area contributed by atoms with Gasteiger partial charge in [-0.3, -0.25) is 4.79 Å². The van der Waals surface area contributed by atoms with Crippen molar-refractivity contribution in [3.8, 4) is 0 Å². The summed E-state index contributed by atoms with van der Waals surface area (Å²) < 4.78 is 11.0. The van der Waals surface area contributed by atoms with Gasteiger partial charge in [-0.25, -0.2) is 4.98 Å². The molecule has 6 heteroatoms. The highest BCUT2D eigenvalue weighted by Gasteiger charge is 2.54. The molecule has 2 heterocycles. The Kier molecular flexibility index (Phi) is 3.79. The molecule has 4 atom stereocenters. The lowest BCUT2D eigenvalue weighted by Gasteiger charge is -2.47. The van der Waals surface area contributed by atoms with Crippen LogP contribution in [-0.2, 0) is 9.47 Å². The third kappa shape index (κ3) is 2.25. The van der Waals surface area contributed by atoms with Gasteiger partial charge >= 0.3 is 0 Å². The van der Waals surface area contributed by atoms with E-state index in [4.69, 9.17) is 9.47 Å². The van der Waals surface area contributed by atoms with Crippen LogP contribution in [0.2, 0.25) is 0 Å². The zero-order valence-corrected chi connectivity index (χ0v) is 12.8. The van der Waals surface area contributed by atoms with Gasteiger partial charge in [-0.05, 0) is 20.3 Å². The van der Waals surface area contributed by atoms with Crippen molar-refractivity contribution in [3.63, 3.8) is 0 Å². The largest absolute Gasteiger partial charge is 0.384 e. The van der Waals surface area contributed by atoms with Crippen molar-refractivity contribution in [1.82, 2.24) is 10.3 Å². The molecule has 0 aromatic carbocycles. The molecule has 0 unspecified atom stereocenters. The zero-order valence-electron chi connectivity index (χ0n) is 12.0. The molecule has 0 bridgehead atoms. The number of ether oxygens (including phenoxy) is 2. The summed E-state index contributed by atoms with van der Waals surface area (Å²) in [7, 11) is 1.69. The van der Waals surface area contributed by atoms with Crippen LogP contribution in [0.25, 0.3) is 0 Å². The summed E-state index contributed by atoms with van der Waals surface area (Å²) >= 11 is 1.45. The second-order valence-corrected chi connectivity index (χ2v) is 6.76. The van der Waals surface area contributed by atoms with Crippen molar-refractivity contribution in [2.24, 2.45) is 11.8 Å². The average molecular weight is 296 g/mol. The number of thiazole rings is 1. The summed E-state index contributed by atoms with van der Waals surface area (Å²) in [5.41, 5.74) is 0.812. The summed E-state index contributed by atoms with van der Waals surface area (Å²) in [5.74, 6) is 0.698. The van der Waals surface area contributed by atoms with Gasteiger partial charge in [-0.2, -0.15) is 0 Å². The van der Waals surface area contributed by atoms with Gasteiger partial charge in [-0.1, -0.05) is 0 Å². The van der Waals surface area contributed by atoms with Crippen LogP contribution in [-0.4, -0.2) is 43.4 Å². The number of amides is 1. The second-order valence-electron chi connectivity index (χ2n) is 5.55. The average Bonchev–Trinajstić information content (AvgIpc) is 2.97. The number of nitrogens with one attached hydrogen (secondary N) is 1. The minimum absolute atomic E-state index is 0.00967. The van der Waals surface area contributed by atoms with Gasteiger partial charge in [0, 0.05) is 31.6 Å². The van der Waals surface area contributed by atoms with Crippen LogP contribution in [0, 0.1) is 25.7 Å². The summed E-state index contributed by atoms with van der Waals surface area (Å²) in [6.07, 6.45) is 1.28. The standard InChI is InChI=1S/C14H20N2O3S/c1-7-13(20-8(2)15-7)14(17)16-11-9-4-5-19-12(9)10(11)6-18-3/h9-12H,4-6H2,1-3H3,(H,16,17)/t9-,10-,11-,12-/m1/s1. The first kappa shape index (κ1) is 14.0. The van der Waals surface area contributed by atoms with Crippen molar-refractivity contribution in [1.29, 1.82) is 0 Å². The molecule has 1 aromatic heterocycles. The van der Waals surface area contributed by atoms with Crippen molar-refractivity contribution in [2.45, 2.75) is 32.4 Å². The van der Waals surface area contributed by atoms with Gasteiger partial charge in [0.15, 0.2) is 0 Å². The molecule has 1 aliphatic carbocycles. The van der Waals surface area contributed by atoms with E-state index in [-0.39, 0.29) is 24.0 Å². The minimum atomic E-state index is -0.00967. The molecule has 2 fully saturated rings. The molecule has 1 saturated heterocycles. The fourth-order valence-corrected chi connectivity index (χ4v) is 4.22. The molecule has 1 aromatic rings. The van der Waals surface area contributed by atoms with E-state index in [2.05, 4.69) is 10.3 Å². The number of hydrogen-bond acceptors (Lipinski definition) is 5. The maximum Gasteiger partial charge on any atom is 0.263 e. The Morgan fingerprint density at radius 1 is 1.55 bits per heavy atom. The Morgan fingerprint density at radius 3 is 3.00 bits per heavy atom. The number of rotatable bonds is 4. The van der Waals surface area contributed by atoms with Gasteiger partial charge < -0.3 is 14.8 Å². The topological polar surface area (TPSA) is 60.5 Å². The maximum atomic E-state index is 12.4. The van der Waals surface area contributed by atoms with Crippen LogP contribution in [0.3, 0.4) is 0 Å². The fraction of sp³-hybridized carbons (Fsp3) is 0.714. The van der Waals surface area contributed by atoms with E-state index in [0.29, 0.717) is 12.5 Å². The van der Waals surface area contributed by atoms with Crippen molar-refractivity contribution in [3.05, 3.63) is 15.6 Å². The van der Waals surface area contributed by atoms with Crippen molar-refractivity contribution in [2.75, 3.05) is 20.3 Å². The van der Waals surface area contributed by atoms with Crippen LogP contribution in [0.1, 0.15) is 26.8 Å². The number of fused-ring (bicyclic) bond motifs is 1. The van der Waals surface area contributed by atoms with Crippen LogP contribution in [0.4, 0.5) is 0 Å². The monoisotopic (exact) mass is 296 g/mol. The fourth-order valence-electron chi connectivity index (χ4n) is 3.39. The van der Waals surface area contributed by atoms with E-state index in [1.165, 1.54) is 11.3 Å². The van der Waals surface area contributed by atoms with E-state index in [1.807, 2.05) is 13.8 Å². The van der Waals surface area contributed by atoms with E-state index in [0.717, 1.165) is 28.6 Å². The molecule has 1 aliphatic heterocycles. The highest BCUT2D eigenvalue weighted by molar-refractivity contribution is 7.13. The third-order valence-electron chi connectivity index (χ3n) is 4.29. The van der Waals surface area contributed by atoms with Crippen LogP contribution in [0.5, 0.6) is 0 Å². The molecule has 5 nitrogen and oxygen atoms in total. The lowest BCUT2D eigenvalue weighted by molar-refractivity contribution is -0.0809. The van der Waals surface area contributed by atoms with Gasteiger partial charge in [0.25, 0.3) is 5.91 Å². The molecule has 2 aliphatic rings. The second kappa shape index (κ2) is 5.42. The van der Waals surface area contributed by atoms with Gasteiger partial charge in [0.2, 0.25) is 0 Å². The number of aryl methyl sites for hydroxylation is 2. The van der Waals surface area contributed by atoms with Crippen LogP contribution < -0.4 is 5.32 Å². The van der Waals surface area contributed by atoms with Crippen LogP contribution in [0.15, 0.2) is 0 Å². The SMILES string of the molecule is COC[C@@H]1[C@H](NC(=O)c2sc(C)nc2C)[C@H]2CCO[C@H]21. The third-order valence-corrected chi connectivity index (χ3v) is 5.37. The summed E-state index contributed by atoms with van der Waals surface area (Å²) in [5, 5.41) is 4.09. The summed E-state index contributed by atoms with van der Waals surface area (Å²) in [4.78, 5) is 17.4. The highest BCUT2D eigenvalue weighted by Crippen LogP contribution is 2.43. The predicted molar refractivity (Wildman–Crippen MR) is 76.1 cm³/mol. The van der Waals surface area contributed by atoms with Crippen molar-refractivity contribution < 1.29 is 14.3 Å². The quantitative estimate of drug-likeness (QED) is 0.915. The van der Waals surface area contributed by atoms with Crippen molar-refractivity contribution >= 4 is 17.2 Å². The molecule has 1 saturated carbocycles. The first-order valence-electron chi connectivity index (χ1n) is 6.97. The van der Waals surface area contributed by atoms with Gasteiger partial charge in [-0.15, -0.1) is 11.3 Å². The van der Waals surface area contributed by atoms with E-state index >= 15 is 0 Å². The predicted octanol–water partition coefficient (Wildman–Crippen LogP) is 1.54. The van der Waals surface area contributed by atoms with E-state index in [1.54, 1.807) is 7.11 Å². The first-order chi connectivity index (χ1) is 9.61. The minimum Gasteiger partial charge on any atom is -0.384 e. The Morgan fingerprint density at radius 2 is 2.35 bits per heavy atom. The lowest BCUT2D eigenvalue weighted by Crippen LogP contribution is -2.62.